The maximum Gasteiger partial charge on any atom is 0.416 e. The highest BCUT2D eigenvalue weighted by molar-refractivity contribution is 7.99. The molecule has 0 aliphatic rings. The molecule has 0 aliphatic carbocycles. The normalized spacial score (nSPS) is 11.5. The summed E-state index contributed by atoms with van der Waals surface area (Å²) in [7, 11) is 0. The molecule has 0 unspecified atom stereocenters. The van der Waals surface area contributed by atoms with Gasteiger partial charge in [0.25, 0.3) is 5.56 Å². The quantitative estimate of drug-likeness (QED) is 0.494. The topological polar surface area (TPSA) is 55.0 Å². The lowest BCUT2D eigenvalue weighted by molar-refractivity contribution is -0.137. The fraction of sp³-hybridized carbons (Fsp3) is 0.333. The third kappa shape index (κ3) is 5.63. The Hall–Kier alpha value is -1.96. The van der Waals surface area contributed by atoms with Crippen molar-refractivity contribution in [2.45, 2.75) is 24.7 Å². The average Bonchev–Trinajstić information content (AvgIpc) is 2.45. The highest BCUT2D eigenvalue weighted by Crippen LogP contribution is 2.31. The smallest absolute Gasteiger partial charge is 0.416 e. The summed E-state index contributed by atoms with van der Waals surface area (Å²) in [6, 6.07) is 6.19. The Bertz CT molecular complexity index is 716. The van der Waals surface area contributed by atoms with E-state index in [1.165, 1.54) is 30.0 Å². The van der Waals surface area contributed by atoms with Gasteiger partial charge in [-0.3, -0.25) is 4.79 Å². The van der Waals surface area contributed by atoms with Gasteiger partial charge in [-0.2, -0.15) is 13.2 Å². The van der Waals surface area contributed by atoms with Gasteiger partial charge in [-0.1, -0.05) is 17.8 Å². The summed E-state index contributed by atoms with van der Waals surface area (Å²) in [5.41, 5.74) is -0.303. The number of hydrogen-bond acceptors (Lipinski definition) is 4. The standard InChI is InChI=1S/C15H15F3N2O2S/c1-10-8-13(21)20-14(19-10)23-7-3-6-22-12-5-2-4-11(9-12)15(16,17)18/h2,4-5,8-9H,3,6-7H2,1H3,(H,19,20,21). The van der Waals surface area contributed by atoms with Crippen molar-refractivity contribution in [3.63, 3.8) is 0 Å². The molecular weight excluding hydrogens is 329 g/mol. The summed E-state index contributed by atoms with van der Waals surface area (Å²) in [5, 5.41) is 0.522. The van der Waals surface area contributed by atoms with Crippen molar-refractivity contribution in [2.24, 2.45) is 0 Å². The SMILES string of the molecule is Cc1cc(=O)[nH]c(SCCCOc2cccc(C(F)(F)F)c2)n1. The molecule has 2 rings (SSSR count). The van der Waals surface area contributed by atoms with Gasteiger partial charge < -0.3 is 9.72 Å². The van der Waals surface area contributed by atoms with Crippen molar-refractivity contribution in [2.75, 3.05) is 12.4 Å². The average molecular weight is 344 g/mol. The molecule has 1 N–H and O–H groups in total. The first-order valence-corrected chi connectivity index (χ1v) is 7.84. The van der Waals surface area contributed by atoms with Gasteiger partial charge in [-0.05, 0) is 31.5 Å². The van der Waals surface area contributed by atoms with Gasteiger partial charge in [0.15, 0.2) is 5.16 Å². The monoisotopic (exact) mass is 344 g/mol. The van der Waals surface area contributed by atoms with Crippen molar-refractivity contribution in [1.82, 2.24) is 9.97 Å². The van der Waals surface area contributed by atoms with Crippen LogP contribution < -0.4 is 10.3 Å². The number of nitrogens with zero attached hydrogens (tertiary/aromatic N) is 1. The van der Waals surface area contributed by atoms with Gasteiger partial charge in [0, 0.05) is 17.5 Å². The van der Waals surface area contributed by atoms with Crippen LogP contribution in [0.3, 0.4) is 0 Å². The van der Waals surface area contributed by atoms with Crippen molar-refractivity contribution >= 4 is 11.8 Å². The molecule has 0 amide bonds. The van der Waals surface area contributed by atoms with Crippen LogP contribution in [0.25, 0.3) is 0 Å². The third-order valence-corrected chi connectivity index (χ3v) is 3.77. The van der Waals surface area contributed by atoms with E-state index in [2.05, 4.69) is 9.97 Å². The number of hydrogen-bond donors (Lipinski definition) is 1. The lowest BCUT2D eigenvalue weighted by atomic mass is 10.2. The largest absolute Gasteiger partial charge is 0.494 e. The van der Waals surface area contributed by atoms with Crippen molar-refractivity contribution < 1.29 is 17.9 Å². The molecule has 0 saturated carbocycles. The minimum absolute atomic E-state index is 0.187. The zero-order valence-corrected chi connectivity index (χ0v) is 13.1. The molecule has 1 heterocycles. The lowest BCUT2D eigenvalue weighted by Gasteiger charge is -2.10. The van der Waals surface area contributed by atoms with E-state index in [0.717, 1.165) is 12.1 Å². The number of rotatable bonds is 6. The molecular formula is C15H15F3N2O2S. The maximum absolute atomic E-state index is 12.6. The van der Waals surface area contributed by atoms with E-state index >= 15 is 0 Å². The number of ether oxygens (including phenoxy) is 1. The highest BCUT2D eigenvalue weighted by atomic mass is 32.2. The highest BCUT2D eigenvalue weighted by Gasteiger charge is 2.30. The summed E-state index contributed by atoms with van der Waals surface area (Å²) in [5.74, 6) is 0.817. The number of aryl methyl sites for hydroxylation is 1. The Morgan fingerprint density at radius 2 is 2.09 bits per heavy atom. The molecule has 0 atom stereocenters. The van der Waals surface area contributed by atoms with Crippen molar-refractivity contribution in [3.8, 4) is 5.75 Å². The van der Waals surface area contributed by atoms with Gasteiger partial charge in [0.2, 0.25) is 0 Å². The van der Waals surface area contributed by atoms with Gasteiger partial charge in [0.1, 0.15) is 5.75 Å². The number of alkyl halides is 3. The summed E-state index contributed by atoms with van der Waals surface area (Å²) in [6.07, 6.45) is -3.77. The molecule has 124 valence electrons. The number of H-pyrrole nitrogens is 1. The predicted molar refractivity (Wildman–Crippen MR) is 81.9 cm³/mol. The lowest BCUT2D eigenvalue weighted by Crippen LogP contribution is -2.08. The van der Waals surface area contributed by atoms with Crippen molar-refractivity contribution in [3.05, 3.63) is 51.9 Å². The second-order valence-corrected chi connectivity index (χ2v) is 5.85. The molecule has 0 fully saturated rings. The van der Waals surface area contributed by atoms with E-state index in [-0.39, 0.29) is 17.9 Å². The molecule has 1 aromatic carbocycles. The number of nitrogens with one attached hydrogen (secondary N) is 1. The number of halogens is 3. The van der Waals surface area contributed by atoms with E-state index in [1.807, 2.05) is 0 Å². The van der Waals surface area contributed by atoms with Crippen LogP contribution >= 0.6 is 11.8 Å². The Balaban J connectivity index is 1.78. The van der Waals surface area contributed by atoms with Crippen LogP contribution in [-0.4, -0.2) is 22.3 Å². The Labute approximate surface area is 135 Å². The van der Waals surface area contributed by atoms with Crippen LogP contribution in [0.5, 0.6) is 5.75 Å². The Morgan fingerprint density at radius 3 is 2.78 bits per heavy atom. The molecule has 2 aromatic rings. The summed E-state index contributed by atoms with van der Waals surface area (Å²) in [4.78, 5) is 18.1. The van der Waals surface area contributed by atoms with Crippen LogP contribution in [0.1, 0.15) is 17.7 Å². The zero-order valence-electron chi connectivity index (χ0n) is 12.3. The fourth-order valence-corrected chi connectivity index (χ4v) is 2.64. The van der Waals surface area contributed by atoms with E-state index in [1.54, 1.807) is 6.92 Å². The van der Waals surface area contributed by atoms with Crippen LogP contribution in [-0.2, 0) is 6.18 Å². The zero-order chi connectivity index (χ0) is 16.9. The minimum Gasteiger partial charge on any atom is -0.494 e. The van der Waals surface area contributed by atoms with E-state index in [0.29, 0.717) is 23.0 Å². The second kappa shape index (κ2) is 7.54. The molecule has 0 bridgehead atoms. The third-order valence-electron chi connectivity index (χ3n) is 2.81. The first-order valence-electron chi connectivity index (χ1n) is 6.85. The molecule has 0 radical (unpaired) electrons. The summed E-state index contributed by atoms with van der Waals surface area (Å²) >= 11 is 1.36. The van der Waals surface area contributed by atoms with Crippen LogP contribution in [0.15, 0.2) is 40.3 Å². The molecule has 8 heteroatoms. The summed E-state index contributed by atoms with van der Waals surface area (Å²) in [6.45, 7) is 2.01. The number of benzene rings is 1. The van der Waals surface area contributed by atoms with Crippen LogP contribution in [0.2, 0.25) is 0 Å². The van der Waals surface area contributed by atoms with Crippen LogP contribution in [0, 0.1) is 6.92 Å². The second-order valence-electron chi connectivity index (χ2n) is 4.77. The predicted octanol–water partition coefficient (Wildman–Crippen LogP) is 3.66. The van der Waals surface area contributed by atoms with Gasteiger partial charge >= 0.3 is 6.18 Å². The minimum atomic E-state index is -4.38. The van der Waals surface area contributed by atoms with Gasteiger partial charge in [-0.25, -0.2) is 4.98 Å². The maximum atomic E-state index is 12.6. The first-order chi connectivity index (χ1) is 10.8. The van der Waals surface area contributed by atoms with E-state index < -0.39 is 11.7 Å². The molecule has 23 heavy (non-hydrogen) atoms. The van der Waals surface area contributed by atoms with Gasteiger partial charge in [0.05, 0.1) is 12.2 Å². The fourth-order valence-electron chi connectivity index (χ4n) is 1.80. The number of aromatic amines is 1. The Kier molecular flexibility index (Phi) is 5.70. The first kappa shape index (κ1) is 17.4. The van der Waals surface area contributed by atoms with Crippen LogP contribution in [0.4, 0.5) is 13.2 Å². The van der Waals surface area contributed by atoms with E-state index in [9.17, 15) is 18.0 Å². The summed E-state index contributed by atoms with van der Waals surface area (Å²) < 4.78 is 43.0. The van der Waals surface area contributed by atoms with Gasteiger partial charge in [-0.15, -0.1) is 0 Å². The molecule has 0 aliphatic heterocycles. The number of thioether (sulfide) groups is 1. The molecule has 4 nitrogen and oxygen atoms in total. The molecule has 0 spiro atoms. The van der Waals surface area contributed by atoms with Crippen molar-refractivity contribution in [1.29, 1.82) is 0 Å². The molecule has 0 saturated heterocycles. The van der Waals surface area contributed by atoms with E-state index in [4.69, 9.17) is 4.74 Å². The molecule has 1 aromatic heterocycles. The number of aromatic nitrogens is 2. The Morgan fingerprint density at radius 1 is 1.30 bits per heavy atom.